The fourth-order valence-corrected chi connectivity index (χ4v) is 2.31. The summed E-state index contributed by atoms with van der Waals surface area (Å²) in [6, 6.07) is 3.58. The monoisotopic (exact) mass is 281 g/mol. The second kappa shape index (κ2) is 5.37. The van der Waals surface area contributed by atoms with Gasteiger partial charge in [-0.15, -0.1) is 11.3 Å². The van der Waals surface area contributed by atoms with Crippen LogP contribution in [0.2, 0.25) is 5.15 Å². The Morgan fingerprint density at radius 2 is 2.22 bits per heavy atom. The number of rotatable bonds is 3. The molecule has 0 bridgehead atoms. The molecule has 0 aliphatic heterocycles. The molecule has 0 saturated heterocycles. The van der Waals surface area contributed by atoms with Crippen LogP contribution in [-0.4, -0.2) is 16.7 Å². The van der Waals surface area contributed by atoms with E-state index in [1.807, 2.05) is 13.0 Å². The number of hydrogen-bond donors (Lipinski definition) is 0. The zero-order valence-corrected chi connectivity index (χ0v) is 11.1. The van der Waals surface area contributed by atoms with E-state index in [1.54, 1.807) is 12.1 Å². The van der Waals surface area contributed by atoms with Crippen molar-refractivity contribution in [2.45, 2.75) is 6.92 Å². The first-order valence-electron chi connectivity index (χ1n) is 5.04. The molecule has 2 rings (SSSR count). The van der Waals surface area contributed by atoms with Crippen molar-refractivity contribution in [1.29, 1.82) is 0 Å². The van der Waals surface area contributed by atoms with Gasteiger partial charge in [0.05, 0.1) is 4.70 Å². The molecule has 0 aromatic carbocycles. The van der Waals surface area contributed by atoms with Gasteiger partial charge in [-0.05, 0) is 37.4 Å². The van der Waals surface area contributed by atoms with Gasteiger partial charge in [0.2, 0.25) is 5.95 Å². The predicted molar refractivity (Wildman–Crippen MR) is 74.8 cm³/mol. The molecule has 2 aromatic heterocycles. The van der Waals surface area contributed by atoms with Crippen LogP contribution < -0.4 is 0 Å². The number of allylic oxidation sites excluding steroid dienone is 3. The number of hydrogen-bond acceptors (Lipinski definition) is 4. The fraction of sp³-hybridized carbons (Fsp3) is 0.0833. The second-order valence-electron chi connectivity index (χ2n) is 3.47. The molecule has 0 aliphatic rings. The lowest BCUT2D eigenvalue weighted by Gasteiger charge is -1.91. The first kappa shape index (κ1) is 12.9. The van der Waals surface area contributed by atoms with Gasteiger partial charge in [0.15, 0.2) is 5.65 Å². The van der Waals surface area contributed by atoms with E-state index in [0.29, 0.717) is 10.8 Å². The lowest BCUT2D eigenvalue weighted by atomic mass is 10.3. The Hall–Kier alpha value is -1.59. The zero-order chi connectivity index (χ0) is 13.1. The molecule has 0 atom stereocenters. The van der Waals surface area contributed by atoms with Crippen LogP contribution in [0.15, 0.2) is 35.2 Å². The number of aromatic nitrogens is 2. The number of thiazole rings is 1. The van der Waals surface area contributed by atoms with Gasteiger partial charge >= 0.3 is 0 Å². The Bertz CT molecular complexity index is 660. The van der Waals surface area contributed by atoms with Crippen LogP contribution in [0.4, 0.5) is 4.39 Å². The molecule has 0 aliphatic carbocycles. The number of halogens is 2. The van der Waals surface area contributed by atoms with Crippen molar-refractivity contribution in [2.75, 3.05) is 0 Å². The van der Waals surface area contributed by atoms with E-state index in [-0.39, 0.29) is 0 Å². The van der Waals surface area contributed by atoms with Crippen LogP contribution in [0.5, 0.6) is 0 Å². The molecule has 0 amide bonds. The Morgan fingerprint density at radius 3 is 2.94 bits per heavy atom. The molecule has 0 N–H and O–H groups in total. The van der Waals surface area contributed by atoms with Gasteiger partial charge in [-0.3, -0.25) is 0 Å². The smallest absolute Gasteiger partial charge is 0.212 e. The Balaban J connectivity index is 2.39. The van der Waals surface area contributed by atoms with Crippen molar-refractivity contribution < 1.29 is 4.39 Å². The van der Waals surface area contributed by atoms with Crippen molar-refractivity contribution in [3.8, 4) is 0 Å². The quantitative estimate of drug-likeness (QED) is 0.365. The minimum Gasteiger partial charge on any atom is -0.236 e. The molecule has 2 heterocycles. The number of pyridine rings is 1. The SMILES string of the molecule is C=N/C(F)=C\C=C(/C)c1nc2nc(Cl)ccc2s1. The summed E-state index contributed by atoms with van der Waals surface area (Å²) in [6.07, 6.45) is 2.85. The summed E-state index contributed by atoms with van der Waals surface area (Å²) >= 11 is 7.26. The molecule has 0 saturated carbocycles. The lowest BCUT2D eigenvalue weighted by Crippen LogP contribution is -1.79. The Morgan fingerprint density at radius 1 is 1.44 bits per heavy atom. The number of nitrogens with zero attached hydrogens (tertiary/aromatic N) is 3. The molecule has 92 valence electrons. The van der Waals surface area contributed by atoms with Gasteiger partial charge in [-0.2, -0.15) is 4.39 Å². The van der Waals surface area contributed by atoms with Crippen LogP contribution in [0.3, 0.4) is 0 Å². The highest BCUT2D eigenvalue weighted by molar-refractivity contribution is 7.19. The topological polar surface area (TPSA) is 38.1 Å². The minimum absolute atomic E-state index is 0.405. The fourth-order valence-electron chi connectivity index (χ4n) is 1.28. The largest absolute Gasteiger partial charge is 0.236 e. The first-order valence-corrected chi connectivity index (χ1v) is 6.24. The normalized spacial score (nSPS) is 13.1. The molecule has 0 unspecified atom stereocenters. The van der Waals surface area contributed by atoms with Crippen LogP contribution in [-0.2, 0) is 0 Å². The second-order valence-corrected chi connectivity index (χ2v) is 4.89. The lowest BCUT2D eigenvalue weighted by molar-refractivity contribution is 0.630. The van der Waals surface area contributed by atoms with E-state index < -0.39 is 5.95 Å². The van der Waals surface area contributed by atoms with Gasteiger partial charge < -0.3 is 0 Å². The summed E-state index contributed by atoms with van der Waals surface area (Å²) in [4.78, 5) is 11.6. The summed E-state index contributed by atoms with van der Waals surface area (Å²) in [5, 5.41) is 1.18. The van der Waals surface area contributed by atoms with Gasteiger partial charge in [0.25, 0.3) is 0 Å². The molecule has 0 radical (unpaired) electrons. The average molecular weight is 282 g/mol. The van der Waals surface area contributed by atoms with Gasteiger partial charge in [0.1, 0.15) is 10.2 Å². The number of aliphatic imine (C=N–C) groups is 1. The average Bonchev–Trinajstić information content (AvgIpc) is 2.78. The first-order chi connectivity index (χ1) is 8.60. The zero-order valence-electron chi connectivity index (χ0n) is 9.52. The number of fused-ring (bicyclic) bond motifs is 1. The highest BCUT2D eigenvalue weighted by Crippen LogP contribution is 2.27. The van der Waals surface area contributed by atoms with E-state index in [9.17, 15) is 4.39 Å². The van der Waals surface area contributed by atoms with Crippen molar-refractivity contribution in [2.24, 2.45) is 4.99 Å². The molecular weight excluding hydrogens is 273 g/mol. The highest BCUT2D eigenvalue weighted by Gasteiger charge is 2.06. The Kier molecular flexibility index (Phi) is 3.84. The summed E-state index contributed by atoms with van der Waals surface area (Å²) in [7, 11) is 0. The molecule has 0 fully saturated rings. The minimum atomic E-state index is -0.628. The third-order valence-corrected chi connectivity index (χ3v) is 3.53. The maximum Gasteiger partial charge on any atom is 0.212 e. The molecule has 3 nitrogen and oxygen atoms in total. The van der Waals surface area contributed by atoms with Crippen LogP contribution in [0.1, 0.15) is 11.9 Å². The van der Waals surface area contributed by atoms with Crippen molar-refractivity contribution in [1.82, 2.24) is 9.97 Å². The molecule has 6 heteroatoms. The van der Waals surface area contributed by atoms with E-state index >= 15 is 0 Å². The van der Waals surface area contributed by atoms with Gasteiger partial charge in [-0.1, -0.05) is 17.7 Å². The third-order valence-electron chi connectivity index (χ3n) is 2.18. The van der Waals surface area contributed by atoms with Crippen LogP contribution in [0.25, 0.3) is 15.9 Å². The van der Waals surface area contributed by atoms with E-state index in [2.05, 4.69) is 21.7 Å². The van der Waals surface area contributed by atoms with E-state index in [4.69, 9.17) is 11.6 Å². The summed E-state index contributed by atoms with van der Waals surface area (Å²) in [5.41, 5.74) is 1.43. The maximum absolute atomic E-state index is 12.8. The molecule has 18 heavy (non-hydrogen) atoms. The molecule has 0 spiro atoms. The van der Waals surface area contributed by atoms with Crippen LogP contribution in [0, 0.1) is 0 Å². The standard InChI is InChI=1S/C12H9ClFN3S/c1-7(3-6-10(14)15-2)12-17-11-8(18-12)4-5-9(13)16-11/h3-6H,2H2,1H3/b7-3+,10-6-. The maximum atomic E-state index is 12.8. The Labute approximate surface area is 112 Å². The van der Waals surface area contributed by atoms with E-state index in [1.165, 1.54) is 17.4 Å². The molecule has 2 aromatic rings. The summed E-state index contributed by atoms with van der Waals surface area (Å²) < 4.78 is 13.7. The van der Waals surface area contributed by atoms with E-state index in [0.717, 1.165) is 15.3 Å². The van der Waals surface area contributed by atoms with Gasteiger partial charge in [-0.25, -0.2) is 15.0 Å². The molecular formula is C12H9ClFN3S. The third kappa shape index (κ3) is 2.80. The van der Waals surface area contributed by atoms with Crippen molar-refractivity contribution in [3.05, 3.63) is 40.4 Å². The summed E-state index contributed by atoms with van der Waals surface area (Å²) in [5.74, 6) is -0.628. The predicted octanol–water partition coefficient (Wildman–Crippen LogP) is 4.26. The highest BCUT2D eigenvalue weighted by atomic mass is 35.5. The van der Waals surface area contributed by atoms with Gasteiger partial charge in [0, 0.05) is 0 Å². The van der Waals surface area contributed by atoms with Crippen molar-refractivity contribution >= 4 is 45.6 Å². The van der Waals surface area contributed by atoms with Crippen molar-refractivity contribution in [3.63, 3.8) is 0 Å². The summed E-state index contributed by atoms with van der Waals surface area (Å²) in [6.45, 7) is 4.93. The van der Waals surface area contributed by atoms with Crippen LogP contribution >= 0.6 is 22.9 Å².